The number of carbonyl (C=O) groups excluding carboxylic acids is 6. The number of carbonyl (C=O) groups is 6. The molecule has 0 unspecified atom stereocenters. The third kappa shape index (κ3) is 12.2. The highest BCUT2D eigenvalue weighted by molar-refractivity contribution is 5.98. The Bertz CT molecular complexity index is 1390. The lowest BCUT2D eigenvalue weighted by atomic mass is 10.1. The zero-order valence-corrected chi connectivity index (χ0v) is 26.1. The second-order valence-corrected chi connectivity index (χ2v) is 10.4. The zero-order chi connectivity index (χ0) is 33.5. The van der Waals surface area contributed by atoms with Crippen molar-refractivity contribution in [2.24, 2.45) is 0 Å². The Balaban J connectivity index is 1.51. The van der Waals surface area contributed by atoms with Gasteiger partial charge < -0.3 is 31.9 Å². The summed E-state index contributed by atoms with van der Waals surface area (Å²) in [5, 5.41) is 16.4. The molecule has 6 N–H and O–H groups in total. The summed E-state index contributed by atoms with van der Waals surface area (Å²) in [4.78, 5) is 74.2. The highest BCUT2D eigenvalue weighted by atomic mass is 16.2. The molecule has 0 aromatic heterocycles. The van der Waals surface area contributed by atoms with Crippen molar-refractivity contribution in [3.8, 4) is 0 Å². The van der Waals surface area contributed by atoms with E-state index in [1.54, 1.807) is 72.8 Å². The highest BCUT2D eigenvalue weighted by Gasteiger charge is 2.11. The van der Waals surface area contributed by atoms with E-state index in [2.05, 4.69) is 31.9 Å². The highest BCUT2D eigenvalue weighted by Crippen LogP contribution is 2.13. The Kier molecular flexibility index (Phi) is 13.4. The number of anilines is 3. The predicted octanol–water partition coefficient (Wildman–Crippen LogP) is 4.36. The van der Waals surface area contributed by atoms with Gasteiger partial charge in [-0.25, -0.2) is 14.4 Å². The minimum absolute atomic E-state index is 0.113. The van der Waals surface area contributed by atoms with Crippen LogP contribution in [0.3, 0.4) is 0 Å². The maximum atomic E-state index is 12.5. The van der Waals surface area contributed by atoms with E-state index >= 15 is 0 Å². The molecular weight excluding hydrogens is 590 g/mol. The quantitative estimate of drug-likeness (QED) is 0.135. The van der Waals surface area contributed by atoms with E-state index in [4.69, 9.17) is 0 Å². The molecule has 0 fully saturated rings. The van der Waals surface area contributed by atoms with Gasteiger partial charge in [0, 0.05) is 73.0 Å². The van der Waals surface area contributed by atoms with Gasteiger partial charge in [-0.15, -0.1) is 0 Å². The van der Waals surface area contributed by atoms with Crippen LogP contribution < -0.4 is 31.9 Å². The lowest BCUT2D eigenvalue weighted by molar-refractivity contribution is 0.100. The van der Waals surface area contributed by atoms with E-state index in [9.17, 15) is 28.8 Å². The summed E-state index contributed by atoms with van der Waals surface area (Å²) in [7, 11) is 0. The maximum Gasteiger partial charge on any atom is 0.319 e. The van der Waals surface area contributed by atoms with E-state index in [0.717, 1.165) is 0 Å². The SMILES string of the molecule is CC(=O)c1cccc(NC(=O)NCCN(CCNC(=O)Nc2cccc(C(C)=O)c2)CCNC(=O)Nc2cccc(C(C)=O)c2)c1. The van der Waals surface area contributed by atoms with E-state index in [0.29, 0.717) is 53.4 Å². The van der Waals surface area contributed by atoms with Gasteiger partial charge in [-0.2, -0.15) is 0 Å². The topological polar surface area (TPSA) is 178 Å². The number of urea groups is 3. The van der Waals surface area contributed by atoms with E-state index < -0.39 is 18.1 Å². The molecule has 0 aliphatic carbocycles. The molecule has 3 aromatic carbocycles. The normalized spacial score (nSPS) is 10.4. The maximum absolute atomic E-state index is 12.5. The van der Waals surface area contributed by atoms with Gasteiger partial charge >= 0.3 is 18.1 Å². The van der Waals surface area contributed by atoms with Crippen LogP contribution in [0.1, 0.15) is 51.8 Å². The fraction of sp³-hybridized carbons (Fsp3) is 0.273. The Labute approximate surface area is 267 Å². The van der Waals surface area contributed by atoms with E-state index in [-0.39, 0.29) is 37.0 Å². The van der Waals surface area contributed by atoms with Gasteiger partial charge in [0.15, 0.2) is 17.3 Å². The number of rotatable bonds is 15. The van der Waals surface area contributed by atoms with Crippen molar-refractivity contribution < 1.29 is 28.8 Å². The largest absolute Gasteiger partial charge is 0.337 e. The lowest BCUT2D eigenvalue weighted by Crippen LogP contribution is -2.44. The number of ketones is 3. The molecule has 0 aliphatic rings. The Morgan fingerprint density at radius 1 is 0.478 bits per heavy atom. The molecule has 0 spiro atoms. The second kappa shape index (κ2) is 17.7. The first-order valence-corrected chi connectivity index (χ1v) is 14.7. The molecule has 0 atom stereocenters. The van der Waals surface area contributed by atoms with Crippen LogP contribution in [-0.4, -0.2) is 79.6 Å². The van der Waals surface area contributed by atoms with E-state index in [1.807, 2.05) is 4.90 Å². The number of benzene rings is 3. The van der Waals surface area contributed by atoms with Crippen molar-refractivity contribution in [2.75, 3.05) is 55.2 Å². The average Bonchev–Trinajstić information content (AvgIpc) is 3.01. The van der Waals surface area contributed by atoms with Gasteiger partial charge in [0.2, 0.25) is 0 Å². The summed E-state index contributed by atoms with van der Waals surface area (Å²) in [6, 6.07) is 18.5. The fourth-order valence-electron chi connectivity index (χ4n) is 4.29. The monoisotopic (exact) mass is 629 g/mol. The predicted molar refractivity (Wildman–Crippen MR) is 177 cm³/mol. The first-order valence-electron chi connectivity index (χ1n) is 14.7. The third-order valence-electron chi connectivity index (χ3n) is 6.72. The molecule has 0 saturated heterocycles. The standard InChI is InChI=1S/C33H39N7O6/c1-22(41)25-7-4-10-28(19-25)37-31(44)34-13-16-40(17-14-35-32(45)38-29-11-5-8-26(20-29)23(2)42)18-15-36-33(46)39-30-12-6-9-27(21-30)24(3)43/h4-12,19-21H,13-18H2,1-3H3,(H2,34,37,44)(H2,35,38,45)(H2,36,39,46). The van der Waals surface area contributed by atoms with Crippen LogP contribution >= 0.6 is 0 Å². The number of amides is 6. The van der Waals surface area contributed by atoms with Crippen molar-refractivity contribution in [3.63, 3.8) is 0 Å². The van der Waals surface area contributed by atoms with Crippen LogP contribution in [-0.2, 0) is 0 Å². The van der Waals surface area contributed by atoms with Crippen LogP contribution in [0.2, 0.25) is 0 Å². The Hall–Kier alpha value is -5.56. The number of nitrogens with one attached hydrogen (secondary N) is 6. The van der Waals surface area contributed by atoms with Gasteiger partial charge in [-0.05, 0) is 57.2 Å². The van der Waals surface area contributed by atoms with Crippen molar-refractivity contribution in [1.29, 1.82) is 0 Å². The minimum atomic E-state index is -0.448. The molecule has 13 nitrogen and oxygen atoms in total. The number of hydrogen-bond donors (Lipinski definition) is 6. The van der Waals surface area contributed by atoms with Gasteiger partial charge in [-0.3, -0.25) is 19.3 Å². The third-order valence-corrected chi connectivity index (χ3v) is 6.72. The smallest absolute Gasteiger partial charge is 0.319 e. The molecule has 242 valence electrons. The molecule has 3 rings (SSSR count). The van der Waals surface area contributed by atoms with E-state index in [1.165, 1.54) is 20.8 Å². The second-order valence-electron chi connectivity index (χ2n) is 10.4. The first kappa shape index (κ1) is 34.9. The molecule has 0 saturated carbocycles. The summed E-state index contributed by atoms with van der Waals surface area (Å²) >= 11 is 0. The summed E-state index contributed by atoms with van der Waals surface area (Å²) in [5.74, 6) is -0.338. The summed E-state index contributed by atoms with van der Waals surface area (Å²) in [6.45, 7) is 6.30. The molecule has 3 aromatic rings. The number of hydrogen-bond acceptors (Lipinski definition) is 7. The van der Waals surface area contributed by atoms with Gasteiger partial charge in [0.1, 0.15) is 0 Å². The molecule has 0 radical (unpaired) electrons. The molecule has 46 heavy (non-hydrogen) atoms. The molecule has 0 heterocycles. The van der Waals surface area contributed by atoms with Crippen LogP contribution in [0, 0.1) is 0 Å². The summed E-state index contributed by atoms with van der Waals surface area (Å²) < 4.78 is 0. The van der Waals surface area contributed by atoms with Crippen molar-refractivity contribution in [1.82, 2.24) is 20.9 Å². The van der Waals surface area contributed by atoms with Gasteiger partial charge in [-0.1, -0.05) is 36.4 Å². The summed E-state index contributed by atoms with van der Waals surface area (Å²) in [6.07, 6.45) is 0. The lowest BCUT2D eigenvalue weighted by Gasteiger charge is -2.23. The molecular formula is C33H39N7O6. The average molecular weight is 630 g/mol. The Morgan fingerprint density at radius 3 is 1.02 bits per heavy atom. The van der Waals surface area contributed by atoms with Crippen LogP contribution in [0.5, 0.6) is 0 Å². The van der Waals surface area contributed by atoms with Crippen LogP contribution in [0.4, 0.5) is 31.4 Å². The molecule has 0 bridgehead atoms. The first-order chi connectivity index (χ1) is 22.0. The van der Waals surface area contributed by atoms with Crippen molar-refractivity contribution >= 4 is 52.5 Å². The van der Waals surface area contributed by atoms with Gasteiger partial charge in [0.25, 0.3) is 0 Å². The van der Waals surface area contributed by atoms with Crippen molar-refractivity contribution in [3.05, 3.63) is 89.5 Å². The van der Waals surface area contributed by atoms with Gasteiger partial charge in [0.05, 0.1) is 0 Å². The molecule has 6 amide bonds. The number of Topliss-reactive ketones (excluding diaryl/α,β-unsaturated/α-hetero) is 3. The number of nitrogens with zero attached hydrogens (tertiary/aromatic N) is 1. The molecule has 0 aliphatic heterocycles. The zero-order valence-electron chi connectivity index (χ0n) is 26.1. The van der Waals surface area contributed by atoms with Crippen LogP contribution in [0.25, 0.3) is 0 Å². The minimum Gasteiger partial charge on any atom is -0.337 e. The Morgan fingerprint density at radius 2 is 0.761 bits per heavy atom. The summed E-state index contributed by atoms with van der Waals surface area (Å²) in [5.41, 5.74) is 2.89. The van der Waals surface area contributed by atoms with Crippen molar-refractivity contribution in [2.45, 2.75) is 20.8 Å². The molecule has 13 heteroatoms. The fourth-order valence-corrected chi connectivity index (χ4v) is 4.29. The van der Waals surface area contributed by atoms with Crippen LogP contribution in [0.15, 0.2) is 72.8 Å².